The SMILES string of the molecule is Cc1cnc(Nc2nccc(C)c2C(N)=S)s1. The first kappa shape index (κ1) is 11.9. The maximum atomic E-state index is 5.71. The number of aromatic nitrogens is 2. The highest BCUT2D eigenvalue weighted by molar-refractivity contribution is 7.80. The van der Waals surface area contributed by atoms with E-state index in [0.29, 0.717) is 10.8 Å². The van der Waals surface area contributed by atoms with Crippen molar-refractivity contribution >= 4 is 39.5 Å². The quantitative estimate of drug-likeness (QED) is 0.834. The molecule has 17 heavy (non-hydrogen) atoms. The molecule has 0 bridgehead atoms. The highest BCUT2D eigenvalue weighted by Gasteiger charge is 2.11. The molecule has 0 radical (unpaired) electrons. The molecule has 0 fully saturated rings. The van der Waals surface area contributed by atoms with Crippen LogP contribution in [0.3, 0.4) is 0 Å². The molecule has 2 heterocycles. The van der Waals surface area contributed by atoms with Gasteiger partial charge in [0.2, 0.25) is 0 Å². The van der Waals surface area contributed by atoms with Gasteiger partial charge >= 0.3 is 0 Å². The third kappa shape index (κ3) is 2.59. The van der Waals surface area contributed by atoms with Crippen LogP contribution in [0.15, 0.2) is 18.5 Å². The molecule has 0 spiro atoms. The summed E-state index contributed by atoms with van der Waals surface area (Å²) in [6.07, 6.45) is 3.53. The minimum atomic E-state index is 0.339. The van der Waals surface area contributed by atoms with Gasteiger partial charge in [-0.1, -0.05) is 12.2 Å². The molecule has 6 heteroatoms. The van der Waals surface area contributed by atoms with Crippen LogP contribution in [-0.4, -0.2) is 15.0 Å². The summed E-state index contributed by atoms with van der Waals surface area (Å²) < 4.78 is 0. The fourth-order valence-corrected chi connectivity index (χ4v) is 2.40. The number of nitrogens with one attached hydrogen (secondary N) is 1. The van der Waals surface area contributed by atoms with Gasteiger partial charge in [0.05, 0.1) is 5.56 Å². The zero-order valence-corrected chi connectivity index (χ0v) is 11.2. The number of hydrogen-bond acceptors (Lipinski definition) is 5. The second-order valence-electron chi connectivity index (χ2n) is 3.62. The van der Waals surface area contributed by atoms with E-state index in [9.17, 15) is 0 Å². The summed E-state index contributed by atoms with van der Waals surface area (Å²) in [5.74, 6) is 0.659. The minimum absolute atomic E-state index is 0.339. The fourth-order valence-electron chi connectivity index (χ4n) is 1.48. The van der Waals surface area contributed by atoms with E-state index in [1.165, 1.54) is 0 Å². The Hall–Kier alpha value is -1.53. The van der Waals surface area contributed by atoms with Crippen molar-refractivity contribution in [1.29, 1.82) is 0 Å². The minimum Gasteiger partial charge on any atom is -0.389 e. The van der Waals surface area contributed by atoms with Gasteiger partial charge in [-0.3, -0.25) is 0 Å². The number of rotatable bonds is 3. The van der Waals surface area contributed by atoms with E-state index in [-0.39, 0.29) is 0 Å². The highest BCUT2D eigenvalue weighted by Crippen LogP contribution is 2.24. The van der Waals surface area contributed by atoms with Crippen LogP contribution in [0.25, 0.3) is 0 Å². The fraction of sp³-hybridized carbons (Fsp3) is 0.182. The molecule has 0 unspecified atom stereocenters. The average Bonchev–Trinajstić information content (AvgIpc) is 2.63. The molecule has 0 aliphatic heterocycles. The third-order valence-corrected chi connectivity index (χ3v) is 3.28. The van der Waals surface area contributed by atoms with Gasteiger partial charge < -0.3 is 11.1 Å². The van der Waals surface area contributed by atoms with Crippen LogP contribution < -0.4 is 11.1 Å². The molecular weight excluding hydrogens is 252 g/mol. The predicted molar refractivity (Wildman–Crippen MR) is 75.0 cm³/mol. The summed E-state index contributed by atoms with van der Waals surface area (Å²) in [5.41, 5.74) is 7.49. The lowest BCUT2D eigenvalue weighted by atomic mass is 10.1. The molecule has 2 aromatic heterocycles. The van der Waals surface area contributed by atoms with Crippen LogP contribution in [0.2, 0.25) is 0 Å². The number of hydrogen-bond donors (Lipinski definition) is 2. The first-order valence-electron chi connectivity index (χ1n) is 5.03. The van der Waals surface area contributed by atoms with Crippen molar-refractivity contribution in [2.24, 2.45) is 5.73 Å². The van der Waals surface area contributed by atoms with Crippen LogP contribution in [0, 0.1) is 13.8 Å². The molecular formula is C11H12N4S2. The van der Waals surface area contributed by atoms with Crippen LogP contribution in [0.1, 0.15) is 16.0 Å². The number of nitrogens with two attached hydrogens (primary N) is 1. The van der Waals surface area contributed by atoms with Gasteiger partial charge in [0.25, 0.3) is 0 Å². The van der Waals surface area contributed by atoms with Gasteiger partial charge in [0.15, 0.2) is 5.13 Å². The van der Waals surface area contributed by atoms with Crippen LogP contribution in [0.5, 0.6) is 0 Å². The Morgan fingerprint density at radius 3 is 2.76 bits per heavy atom. The van der Waals surface area contributed by atoms with Crippen LogP contribution in [-0.2, 0) is 0 Å². The lowest BCUT2D eigenvalue weighted by Crippen LogP contribution is -2.14. The molecule has 0 aliphatic carbocycles. The van der Waals surface area contributed by atoms with Gasteiger partial charge in [-0.25, -0.2) is 9.97 Å². The normalized spacial score (nSPS) is 10.2. The zero-order chi connectivity index (χ0) is 12.4. The smallest absolute Gasteiger partial charge is 0.188 e. The molecule has 2 aromatic rings. The number of nitrogens with zero attached hydrogens (tertiary/aromatic N) is 2. The molecule has 88 valence electrons. The average molecular weight is 264 g/mol. The van der Waals surface area contributed by atoms with E-state index >= 15 is 0 Å². The molecule has 0 saturated heterocycles. The Balaban J connectivity index is 2.39. The van der Waals surface area contributed by atoms with Crippen molar-refractivity contribution in [1.82, 2.24) is 9.97 Å². The van der Waals surface area contributed by atoms with E-state index in [0.717, 1.165) is 21.1 Å². The lowest BCUT2D eigenvalue weighted by Gasteiger charge is -2.10. The Morgan fingerprint density at radius 2 is 2.18 bits per heavy atom. The largest absolute Gasteiger partial charge is 0.389 e. The standard InChI is InChI=1S/C11H12N4S2/c1-6-3-4-13-10(8(6)9(12)16)15-11-14-5-7(2)17-11/h3-5H,1-2H3,(H2,12,16)(H,13,14,15). The summed E-state index contributed by atoms with van der Waals surface area (Å²) in [6.45, 7) is 3.95. The Labute approximate surface area is 109 Å². The number of pyridine rings is 1. The number of aryl methyl sites for hydroxylation is 2. The molecule has 0 atom stereocenters. The van der Waals surface area contributed by atoms with Crippen molar-refractivity contribution in [2.45, 2.75) is 13.8 Å². The Kier molecular flexibility index (Phi) is 3.35. The van der Waals surface area contributed by atoms with Crippen molar-refractivity contribution in [2.75, 3.05) is 5.32 Å². The molecule has 2 rings (SSSR count). The topological polar surface area (TPSA) is 63.8 Å². The van der Waals surface area contributed by atoms with E-state index in [4.69, 9.17) is 18.0 Å². The van der Waals surface area contributed by atoms with Gasteiger partial charge in [-0.05, 0) is 25.5 Å². The molecule has 4 nitrogen and oxygen atoms in total. The summed E-state index contributed by atoms with van der Waals surface area (Å²) in [5, 5.41) is 3.93. The third-order valence-electron chi connectivity index (χ3n) is 2.25. The molecule has 0 amide bonds. The summed E-state index contributed by atoms with van der Waals surface area (Å²) in [6, 6.07) is 1.88. The lowest BCUT2D eigenvalue weighted by molar-refractivity contribution is 1.24. The predicted octanol–water partition coefficient (Wildman–Crippen LogP) is 2.53. The van der Waals surface area contributed by atoms with Gasteiger partial charge in [-0.15, -0.1) is 11.3 Å². The molecule has 0 saturated carbocycles. The van der Waals surface area contributed by atoms with Crippen molar-refractivity contribution < 1.29 is 0 Å². The number of anilines is 2. The Bertz CT molecular complexity index is 562. The molecule has 0 aromatic carbocycles. The monoisotopic (exact) mass is 264 g/mol. The van der Waals surface area contributed by atoms with Crippen molar-refractivity contribution in [3.63, 3.8) is 0 Å². The highest BCUT2D eigenvalue weighted by atomic mass is 32.1. The van der Waals surface area contributed by atoms with Crippen LogP contribution in [0.4, 0.5) is 10.9 Å². The van der Waals surface area contributed by atoms with Crippen LogP contribution >= 0.6 is 23.6 Å². The maximum absolute atomic E-state index is 5.71. The second kappa shape index (κ2) is 4.77. The second-order valence-corrected chi connectivity index (χ2v) is 5.29. The summed E-state index contributed by atoms with van der Waals surface area (Å²) >= 11 is 6.60. The van der Waals surface area contributed by atoms with E-state index in [1.807, 2.05) is 26.1 Å². The summed E-state index contributed by atoms with van der Waals surface area (Å²) in [4.78, 5) is 9.95. The molecule has 0 aliphatic rings. The van der Waals surface area contributed by atoms with E-state index in [1.54, 1.807) is 17.5 Å². The first-order valence-corrected chi connectivity index (χ1v) is 6.25. The van der Waals surface area contributed by atoms with Crippen molar-refractivity contribution in [3.05, 3.63) is 34.5 Å². The van der Waals surface area contributed by atoms with Gasteiger partial charge in [0.1, 0.15) is 10.8 Å². The van der Waals surface area contributed by atoms with Crippen molar-refractivity contribution in [3.8, 4) is 0 Å². The summed E-state index contributed by atoms with van der Waals surface area (Å²) in [7, 11) is 0. The van der Waals surface area contributed by atoms with Gasteiger partial charge in [-0.2, -0.15) is 0 Å². The number of thiazole rings is 1. The van der Waals surface area contributed by atoms with E-state index < -0.39 is 0 Å². The first-order chi connectivity index (χ1) is 8.08. The molecule has 3 N–H and O–H groups in total. The van der Waals surface area contributed by atoms with Gasteiger partial charge in [0, 0.05) is 17.3 Å². The Morgan fingerprint density at radius 1 is 1.41 bits per heavy atom. The maximum Gasteiger partial charge on any atom is 0.188 e. The number of thiocarbonyl (C=S) groups is 1. The zero-order valence-electron chi connectivity index (χ0n) is 9.52. The van der Waals surface area contributed by atoms with E-state index in [2.05, 4.69) is 15.3 Å².